The molecule has 9 nitrogen and oxygen atoms in total. The third kappa shape index (κ3) is 5.76. The molecule has 0 radical (unpaired) electrons. The molecule has 1 unspecified atom stereocenters. The number of fused-ring (bicyclic) bond motifs is 1. The number of ether oxygens (including phenoxy) is 2. The molecule has 2 N–H and O–H groups in total. The minimum Gasteiger partial charge on any atom is -0.497 e. The molecule has 0 fully saturated rings. The first-order valence-corrected chi connectivity index (χ1v) is 14.1. The number of aromatic amines is 1. The van der Waals surface area contributed by atoms with Crippen molar-refractivity contribution >= 4 is 40.0 Å². The maximum Gasteiger partial charge on any atom is 0.341 e. The second-order valence-corrected chi connectivity index (χ2v) is 10.9. The molecule has 0 saturated carbocycles. The lowest BCUT2D eigenvalue weighted by Gasteiger charge is -2.15. The van der Waals surface area contributed by atoms with Crippen LogP contribution in [0.15, 0.2) is 34.2 Å². The number of aryl methyl sites for hydroxylation is 1. The topological polar surface area (TPSA) is 134 Å². The summed E-state index contributed by atoms with van der Waals surface area (Å²) in [5.41, 5.74) is 1.54. The van der Waals surface area contributed by atoms with Crippen LogP contribution in [0.1, 0.15) is 59.5 Å². The summed E-state index contributed by atoms with van der Waals surface area (Å²) in [5.74, 6) is -0.100. The van der Waals surface area contributed by atoms with E-state index in [1.54, 1.807) is 38.3 Å². The zero-order valence-electron chi connectivity index (χ0n) is 21.4. The molecule has 1 aliphatic carbocycles. The number of carbonyl (C=O) groups excluding carboxylic acids is 2. The van der Waals surface area contributed by atoms with E-state index in [2.05, 4.69) is 15.3 Å². The number of esters is 1. The maximum absolute atomic E-state index is 13.4. The number of methoxy groups -OCH3 is 1. The average Bonchev–Trinajstić information content (AvgIpc) is 3.29. The molecule has 198 valence electrons. The Hall–Kier alpha value is -3.62. The maximum atomic E-state index is 13.4. The molecule has 11 heteroatoms. The van der Waals surface area contributed by atoms with Crippen LogP contribution in [0, 0.1) is 11.3 Å². The van der Waals surface area contributed by atoms with Gasteiger partial charge in [0, 0.05) is 10.4 Å². The smallest absolute Gasteiger partial charge is 0.341 e. The molecule has 2 heterocycles. The van der Waals surface area contributed by atoms with Crippen LogP contribution in [0.25, 0.3) is 11.3 Å². The minimum absolute atomic E-state index is 0.111. The van der Waals surface area contributed by atoms with Gasteiger partial charge in [-0.2, -0.15) is 5.26 Å². The highest BCUT2D eigenvalue weighted by atomic mass is 32.2. The van der Waals surface area contributed by atoms with Crippen molar-refractivity contribution in [1.82, 2.24) is 9.97 Å². The lowest BCUT2D eigenvalue weighted by molar-refractivity contribution is -0.115. The molecule has 2 aromatic heterocycles. The first kappa shape index (κ1) is 27.4. The first-order valence-electron chi connectivity index (χ1n) is 12.4. The molecule has 1 amide bonds. The molecule has 0 spiro atoms. The van der Waals surface area contributed by atoms with Crippen LogP contribution in [0.2, 0.25) is 0 Å². The number of nitrogens with one attached hydrogen (secondary N) is 2. The van der Waals surface area contributed by atoms with E-state index in [1.807, 2.05) is 13.0 Å². The monoisotopic (exact) mass is 552 g/mol. The van der Waals surface area contributed by atoms with Crippen molar-refractivity contribution in [2.24, 2.45) is 0 Å². The number of thiophene rings is 1. The van der Waals surface area contributed by atoms with E-state index < -0.39 is 16.8 Å². The molecular formula is C27H28N4O5S2. The second-order valence-electron chi connectivity index (χ2n) is 8.57. The van der Waals surface area contributed by atoms with Gasteiger partial charge in [-0.15, -0.1) is 11.3 Å². The van der Waals surface area contributed by atoms with Gasteiger partial charge in [0.05, 0.1) is 30.2 Å². The summed E-state index contributed by atoms with van der Waals surface area (Å²) in [6.45, 7) is 3.86. The number of rotatable bonds is 9. The normalized spacial score (nSPS) is 13.2. The van der Waals surface area contributed by atoms with Gasteiger partial charge in [-0.3, -0.25) is 9.59 Å². The van der Waals surface area contributed by atoms with E-state index in [-0.39, 0.29) is 28.9 Å². The quantitative estimate of drug-likeness (QED) is 0.216. The minimum atomic E-state index is -0.607. The Bertz CT molecular complexity index is 1440. The predicted octanol–water partition coefficient (Wildman–Crippen LogP) is 4.94. The molecule has 1 aromatic carbocycles. The molecule has 4 rings (SSSR count). The molecule has 1 aliphatic rings. The van der Waals surface area contributed by atoms with Crippen molar-refractivity contribution in [2.45, 2.75) is 56.4 Å². The van der Waals surface area contributed by atoms with Gasteiger partial charge in [-0.25, -0.2) is 9.78 Å². The summed E-state index contributed by atoms with van der Waals surface area (Å²) >= 11 is 2.53. The van der Waals surface area contributed by atoms with Crippen LogP contribution in [0.3, 0.4) is 0 Å². The molecule has 0 aliphatic heterocycles. The Morgan fingerprint density at radius 3 is 2.63 bits per heavy atom. The Morgan fingerprint density at radius 2 is 1.97 bits per heavy atom. The number of anilines is 1. The van der Waals surface area contributed by atoms with Crippen molar-refractivity contribution in [3.63, 3.8) is 0 Å². The number of nitriles is 1. The van der Waals surface area contributed by atoms with Crippen molar-refractivity contribution in [2.75, 3.05) is 19.0 Å². The van der Waals surface area contributed by atoms with E-state index in [1.165, 1.54) is 11.3 Å². The van der Waals surface area contributed by atoms with Gasteiger partial charge in [-0.1, -0.05) is 18.7 Å². The van der Waals surface area contributed by atoms with Crippen LogP contribution in [0.5, 0.6) is 5.75 Å². The van der Waals surface area contributed by atoms with Gasteiger partial charge in [0.15, 0.2) is 5.16 Å². The van der Waals surface area contributed by atoms with Gasteiger partial charge in [0.25, 0.3) is 5.56 Å². The number of benzene rings is 1. The van der Waals surface area contributed by atoms with Crippen LogP contribution in [-0.4, -0.2) is 40.8 Å². The van der Waals surface area contributed by atoms with Crippen molar-refractivity contribution in [3.05, 3.63) is 56.2 Å². The predicted molar refractivity (Wildman–Crippen MR) is 147 cm³/mol. The largest absolute Gasteiger partial charge is 0.497 e. The van der Waals surface area contributed by atoms with Gasteiger partial charge in [-0.05, 0) is 68.9 Å². The summed E-state index contributed by atoms with van der Waals surface area (Å²) in [4.78, 5) is 47.1. The Labute approximate surface area is 228 Å². The Morgan fingerprint density at radius 1 is 1.24 bits per heavy atom. The fraction of sp³-hybridized carbons (Fsp3) is 0.370. The summed E-state index contributed by atoms with van der Waals surface area (Å²) in [7, 11) is 1.55. The summed E-state index contributed by atoms with van der Waals surface area (Å²) < 4.78 is 10.5. The SMILES string of the molecule is CCOC(=O)c1c(NC(=O)C(CC)Sc2nc(-c3ccc(OC)cc3)c(C#N)c(=O)[nH]2)sc2c1CCCC2. The van der Waals surface area contributed by atoms with E-state index in [0.29, 0.717) is 28.3 Å². The fourth-order valence-electron chi connectivity index (χ4n) is 4.29. The van der Waals surface area contributed by atoms with Crippen molar-refractivity contribution < 1.29 is 19.1 Å². The zero-order chi connectivity index (χ0) is 27.2. The van der Waals surface area contributed by atoms with Gasteiger partial charge in [0.1, 0.15) is 22.4 Å². The van der Waals surface area contributed by atoms with Gasteiger partial charge in [0.2, 0.25) is 5.91 Å². The number of aromatic nitrogens is 2. The van der Waals surface area contributed by atoms with E-state index in [4.69, 9.17) is 9.47 Å². The molecular weight excluding hydrogens is 524 g/mol. The summed E-state index contributed by atoms with van der Waals surface area (Å²) in [6, 6.07) is 8.80. The zero-order valence-corrected chi connectivity index (χ0v) is 23.0. The van der Waals surface area contributed by atoms with Crippen LogP contribution in [-0.2, 0) is 22.4 Å². The Balaban J connectivity index is 1.61. The molecule has 1 atom stereocenters. The third-order valence-corrected chi connectivity index (χ3v) is 8.63. The number of carbonyl (C=O) groups is 2. The average molecular weight is 553 g/mol. The van der Waals surface area contributed by atoms with Crippen LogP contribution in [0.4, 0.5) is 5.00 Å². The van der Waals surface area contributed by atoms with Gasteiger partial charge < -0.3 is 19.8 Å². The highest BCUT2D eigenvalue weighted by Crippen LogP contribution is 2.39. The second kappa shape index (κ2) is 12.3. The number of hydrogen-bond donors (Lipinski definition) is 2. The first-order chi connectivity index (χ1) is 18.4. The lowest BCUT2D eigenvalue weighted by Crippen LogP contribution is -2.26. The molecule has 38 heavy (non-hydrogen) atoms. The number of hydrogen-bond acceptors (Lipinski definition) is 9. The molecule has 3 aromatic rings. The fourth-order valence-corrected chi connectivity index (χ4v) is 6.47. The van der Waals surface area contributed by atoms with Crippen LogP contribution < -0.4 is 15.6 Å². The lowest BCUT2D eigenvalue weighted by atomic mass is 9.95. The van der Waals surface area contributed by atoms with Crippen LogP contribution >= 0.6 is 23.1 Å². The van der Waals surface area contributed by atoms with Gasteiger partial charge >= 0.3 is 5.97 Å². The summed E-state index contributed by atoms with van der Waals surface area (Å²) in [5, 5.41) is 12.6. The number of thioether (sulfide) groups is 1. The highest BCUT2D eigenvalue weighted by Gasteiger charge is 2.29. The molecule has 0 bridgehead atoms. The van der Waals surface area contributed by atoms with Crippen molar-refractivity contribution in [3.8, 4) is 23.1 Å². The van der Waals surface area contributed by atoms with E-state index in [0.717, 1.165) is 47.9 Å². The molecule has 0 saturated heterocycles. The van der Waals surface area contributed by atoms with E-state index in [9.17, 15) is 19.6 Å². The number of amides is 1. The van der Waals surface area contributed by atoms with E-state index >= 15 is 0 Å². The standard InChI is InChI=1S/C27H28N4O5S2/c1-4-19(24(33)30-25-21(26(34)36-5-2)17-8-6-7-9-20(17)37-25)38-27-29-22(18(14-28)23(32)31-27)15-10-12-16(35-3)13-11-15/h10-13,19H,4-9H2,1-3H3,(H,30,33)(H,29,31,32). The Kier molecular flexibility index (Phi) is 8.86. The number of nitrogens with zero attached hydrogens (tertiary/aromatic N) is 2. The summed E-state index contributed by atoms with van der Waals surface area (Å²) in [6.07, 6.45) is 4.14. The third-order valence-electron chi connectivity index (χ3n) is 6.18. The highest BCUT2D eigenvalue weighted by molar-refractivity contribution is 8.00. The number of H-pyrrole nitrogens is 1. The van der Waals surface area contributed by atoms with Crippen molar-refractivity contribution in [1.29, 1.82) is 5.26 Å².